The average molecular weight is 291 g/mol. The normalized spacial score (nSPS) is 12.5. The molecule has 1 atom stereocenters. The Kier molecular flexibility index (Phi) is 11.1. The van der Waals surface area contributed by atoms with Gasteiger partial charge in [0, 0.05) is 13.1 Å². The highest BCUT2D eigenvalue weighted by molar-refractivity contribution is 5.14. The van der Waals surface area contributed by atoms with Gasteiger partial charge in [0.15, 0.2) is 0 Å². The summed E-state index contributed by atoms with van der Waals surface area (Å²) in [7, 11) is 0. The SMILES string of the molecule is CCCCCCCCCCC(O)CNCc1ccccc1. The quantitative estimate of drug-likeness (QED) is 0.518. The number of aliphatic hydroxyl groups excluding tert-OH is 1. The minimum absolute atomic E-state index is 0.200. The molecule has 0 amide bonds. The standard InChI is InChI=1S/C19H33NO/c1-2-3-4-5-6-7-8-12-15-19(21)17-20-16-18-13-10-9-11-14-18/h9-11,13-14,19-21H,2-8,12,15-17H2,1H3. The minimum Gasteiger partial charge on any atom is -0.392 e. The van der Waals surface area contributed by atoms with Gasteiger partial charge < -0.3 is 10.4 Å². The van der Waals surface area contributed by atoms with Gasteiger partial charge in [0.05, 0.1) is 6.10 Å². The zero-order valence-electron chi connectivity index (χ0n) is 13.7. The van der Waals surface area contributed by atoms with E-state index in [0.29, 0.717) is 6.54 Å². The molecule has 0 radical (unpaired) electrons. The van der Waals surface area contributed by atoms with Crippen molar-refractivity contribution in [1.82, 2.24) is 5.32 Å². The Morgan fingerprint density at radius 1 is 0.905 bits per heavy atom. The molecule has 21 heavy (non-hydrogen) atoms. The Balaban J connectivity index is 1.88. The topological polar surface area (TPSA) is 32.3 Å². The number of unbranched alkanes of at least 4 members (excludes halogenated alkanes) is 7. The van der Waals surface area contributed by atoms with Crippen LogP contribution >= 0.6 is 0 Å². The van der Waals surface area contributed by atoms with Crippen LogP contribution < -0.4 is 5.32 Å². The molecule has 1 unspecified atom stereocenters. The monoisotopic (exact) mass is 291 g/mol. The predicted molar refractivity (Wildman–Crippen MR) is 91.4 cm³/mol. The summed E-state index contributed by atoms with van der Waals surface area (Å²) in [5.41, 5.74) is 1.27. The summed E-state index contributed by atoms with van der Waals surface area (Å²) >= 11 is 0. The van der Waals surface area contributed by atoms with Gasteiger partial charge in [-0.1, -0.05) is 88.6 Å². The zero-order chi connectivity index (χ0) is 15.2. The van der Waals surface area contributed by atoms with Crippen molar-refractivity contribution in [1.29, 1.82) is 0 Å². The minimum atomic E-state index is -0.200. The van der Waals surface area contributed by atoms with E-state index >= 15 is 0 Å². The molecule has 0 saturated carbocycles. The second-order valence-corrected chi connectivity index (χ2v) is 6.03. The smallest absolute Gasteiger partial charge is 0.0664 e. The molecule has 0 aliphatic heterocycles. The highest BCUT2D eigenvalue weighted by atomic mass is 16.3. The number of benzene rings is 1. The van der Waals surface area contributed by atoms with E-state index in [1.165, 1.54) is 50.5 Å². The Bertz CT molecular complexity index is 326. The van der Waals surface area contributed by atoms with E-state index in [-0.39, 0.29) is 6.10 Å². The molecule has 2 N–H and O–H groups in total. The lowest BCUT2D eigenvalue weighted by atomic mass is 10.1. The van der Waals surface area contributed by atoms with Crippen LogP contribution in [0.25, 0.3) is 0 Å². The van der Waals surface area contributed by atoms with Gasteiger partial charge in [0.1, 0.15) is 0 Å². The first-order valence-electron chi connectivity index (χ1n) is 8.75. The van der Waals surface area contributed by atoms with Crippen molar-refractivity contribution in [2.45, 2.75) is 77.4 Å². The van der Waals surface area contributed by atoms with E-state index in [2.05, 4.69) is 24.4 Å². The van der Waals surface area contributed by atoms with Gasteiger partial charge in [-0.05, 0) is 12.0 Å². The molecule has 0 heterocycles. The van der Waals surface area contributed by atoms with Crippen molar-refractivity contribution in [2.75, 3.05) is 6.54 Å². The summed E-state index contributed by atoms with van der Waals surface area (Å²) in [6, 6.07) is 10.3. The van der Waals surface area contributed by atoms with E-state index in [9.17, 15) is 5.11 Å². The van der Waals surface area contributed by atoms with Crippen LogP contribution in [0.15, 0.2) is 30.3 Å². The third-order valence-electron chi connectivity index (χ3n) is 3.94. The van der Waals surface area contributed by atoms with Crippen LogP contribution in [0, 0.1) is 0 Å². The van der Waals surface area contributed by atoms with Crippen LogP contribution in [0.2, 0.25) is 0 Å². The Labute approximate surface area is 131 Å². The molecule has 0 saturated heterocycles. The van der Waals surface area contributed by atoms with E-state index in [4.69, 9.17) is 0 Å². The van der Waals surface area contributed by atoms with Crippen LogP contribution in [-0.2, 0) is 6.54 Å². The zero-order valence-corrected chi connectivity index (χ0v) is 13.7. The number of nitrogens with one attached hydrogen (secondary N) is 1. The van der Waals surface area contributed by atoms with Crippen LogP contribution in [-0.4, -0.2) is 17.8 Å². The molecule has 0 aromatic heterocycles. The van der Waals surface area contributed by atoms with E-state index in [0.717, 1.165) is 19.4 Å². The van der Waals surface area contributed by atoms with Gasteiger partial charge in [-0.25, -0.2) is 0 Å². The molecule has 1 rings (SSSR count). The molecule has 1 aromatic carbocycles. The summed E-state index contributed by atoms with van der Waals surface area (Å²) in [6.07, 6.45) is 11.3. The van der Waals surface area contributed by atoms with Crippen molar-refractivity contribution >= 4 is 0 Å². The molecular formula is C19H33NO. The van der Waals surface area contributed by atoms with E-state index < -0.39 is 0 Å². The van der Waals surface area contributed by atoms with Crippen molar-refractivity contribution in [3.05, 3.63) is 35.9 Å². The summed E-state index contributed by atoms with van der Waals surface area (Å²) in [5, 5.41) is 13.3. The molecule has 0 aliphatic carbocycles. The fourth-order valence-corrected chi connectivity index (χ4v) is 2.59. The number of aliphatic hydroxyl groups is 1. The molecule has 2 nitrogen and oxygen atoms in total. The molecule has 1 aromatic rings. The number of rotatable bonds is 13. The van der Waals surface area contributed by atoms with Gasteiger partial charge in [0.25, 0.3) is 0 Å². The highest BCUT2D eigenvalue weighted by Gasteiger charge is 2.03. The maximum absolute atomic E-state index is 9.94. The van der Waals surface area contributed by atoms with Crippen molar-refractivity contribution < 1.29 is 5.11 Å². The highest BCUT2D eigenvalue weighted by Crippen LogP contribution is 2.10. The largest absolute Gasteiger partial charge is 0.392 e. The Morgan fingerprint density at radius 2 is 1.52 bits per heavy atom. The maximum Gasteiger partial charge on any atom is 0.0664 e. The third-order valence-corrected chi connectivity index (χ3v) is 3.94. The first-order valence-corrected chi connectivity index (χ1v) is 8.75. The lowest BCUT2D eigenvalue weighted by Gasteiger charge is -2.11. The van der Waals surface area contributed by atoms with Gasteiger partial charge in [-0.2, -0.15) is 0 Å². The van der Waals surface area contributed by atoms with Gasteiger partial charge >= 0.3 is 0 Å². The third kappa shape index (κ3) is 10.5. The van der Waals surface area contributed by atoms with Crippen molar-refractivity contribution in [3.63, 3.8) is 0 Å². The summed E-state index contributed by atoms with van der Waals surface area (Å²) in [6.45, 7) is 3.80. The average Bonchev–Trinajstić information content (AvgIpc) is 2.51. The second-order valence-electron chi connectivity index (χ2n) is 6.03. The van der Waals surface area contributed by atoms with E-state index in [1.54, 1.807) is 0 Å². The first kappa shape index (κ1) is 18.2. The summed E-state index contributed by atoms with van der Waals surface area (Å²) in [4.78, 5) is 0. The van der Waals surface area contributed by atoms with Crippen LogP contribution in [0.1, 0.15) is 70.3 Å². The number of hydrogen-bond acceptors (Lipinski definition) is 2. The molecule has 0 fully saturated rings. The van der Waals surface area contributed by atoms with Crippen LogP contribution in [0.5, 0.6) is 0 Å². The fraction of sp³-hybridized carbons (Fsp3) is 0.684. The molecule has 0 spiro atoms. The molecule has 2 heteroatoms. The Hall–Kier alpha value is -0.860. The molecule has 0 bridgehead atoms. The number of hydrogen-bond donors (Lipinski definition) is 2. The molecular weight excluding hydrogens is 258 g/mol. The van der Waals surface area contributed by atoms with Gasteiger partial charge in [-0.3, -0.25) is 0 Å². The lowest BCUT2D eigenvalue weighted by Crippen LogP contribution is -2.26. The first-order chi connectivity index (χ1) is 10.3. The predicted octanol–water partition coefficient (Wildman–Crippen LogP) is 4.67. The second kappa shape index (κ2) is 12.8. The molecule has 0 aliphatic rings. The van der Waals surface area contributed by atoms with Crippen molar-refractivity contribution in [3.8, 4) is 0 Å². The summed E-state index contributed by atoms with van der Waals surface area (Å²) in [5.74, 6) is 0. The fourth-order valence-electron chi connectivity index (χ4n) is 2.59. The maximum atomic E-state index is 9.94. The lowest BCUT2D eigenvalue weighted by molar-refractivity contribution is 0.157. The molecule has 120 valence electrons. The van der Waals surface area contributed by atoms with Crippen LogP contribution in [0.4, 0.5) is 0 Å². The van der Waals surface area contributed by atoms with Crippen molar-refractivity contribution in [2.24, 2.45) is 0 Å². The van der Waals surface area contributed by atoms with Crippen LogP contribution in [0.3, 0.4) is 0 Å². The summed E-state index contributed by atoms with van der Waals surface area (Å²) < 4.78 is 0. The van der Waals surface area contributed by atoms with E-state index in [1.807, 2.05) is 18.2 Å². The Morgan fingerprint density at radius 3 is 2.19 bits per heavy atom. The van der Waals surface area contributed by atoms with Gasteiger partial charge in [0.2, 0.25) is 0 Å². The van der Waals surface area contributed by atoms with Gasteiger partial charge in [-0.15, -0.1) is 0 Å².